The van der Waals surface area contributed by atoms with Crippen molar-refractivity contribution in [2.45, 2.75) is 6.54 Å². The number of carbonyl (C=O) groups excluding carboxylic acids is 1. The molecule has 0 N–H and O–H groups in total. The van der Waals surface area contributed by atoms with Crippen molar-refractivity contribution in [1.29, 1.82) is 0 Å². The van der Waals surface area contributed by atoms with Gasteiger partial charge in [-0.15, -0.1) is 11.3 Å². The zero-order valence-corrected chi connectivity index (χ0v) is 15.3. The van der Waals surface area contributed by atoms with E-state index >= 15 is 0 Å². The lowest BCUT2D eigenvalue weighted by molar-refractivity contribution is 0.0784. The van der Waals surface area contributed by atoms with Crippen LogP contribution in [-0.2, 0) is 6.54 Å². The first-order valence-electron chi connectivity index (χ1n) is 5.41. The van der Waals surface area contributed by atoms with Gasteiger partial charge >= 0.3 is 0 Å². The quantitative estimate of drug-likeness (QED) is 0.576. The molecule has 0 atom stereocenters. The fourth-order valence-electron chi connectivity index (χ4n) is 1.64. The topological polar surface area (TPSA) is 20.3 Å². The second-order valence-electron chi connectivity index (χ2n) is 4.04. The highest BCUT2D eigenvalue weighted by atomic mass is 127. The van der Waals surface area contributed by atoms with Gasteiger partial charge in [0.2, 0.25) is 0 Å². The Bertz CT molecular complexity index is 616. The number of carbonyl (C=O) groups is 1. The molecule has 0 unspecified atom stereocenters. The Kier molecular flexibility index (Phi) is 5.28. The van der Waals surface area contributed by atoms with E-state index in [1.54, 1.807) is 35.4 Å². The van der Waals surface area contributed by atoms with E-state index in [9.17, 15) is 4.79 Å². The highest BCUT2D eigenvalue weighted by molar-refractivity contribution is 14.1. The van der Waals surface area contributed by atoms with E-state index in [1.807, 2.05) is 17.5 Å². The van der Waals surface area contributed by atoms with Crippen molar-refractivity contribution in [3.8, 4) is 0 Å². The molecule has 0 fully saturated rings. The fourth-order valence-corrected chi connectivity index (χ4v) is 3.58. The predicted molar refractivity (Wildman–Crippen MR) is 92.0 cm³/mol. The molecule has 0 bridgehead atoms. The van der Waals surface area contributed by atoms with Gasteiger partial charge in [-0.25, -0.2) is 0 Å². The van der Waals surface area contributed by atoms with Gasteiger partial charge in [-0.2, -0.15) is 0 Å². The smallest absolute Gasteiger partial charge is 0.255 e. The summed E-state index contributed by atoms with van der Waals surface area (Å²) >= 11 is 13.1. The average Bonchev–Trinajstić information content (AvgIpc) is 2.77. The summed E-state index contributed by atoms with van der Waals surface area (Å²) in [5, 5.41) is 2.62. The molecule has 0 saturated heterocycles. The minimum atomic E-state index is -0.0192. The molecule has 0 aliphatic carbocycles. The third-order valence-corrected chi connectivity index (χ3v) is 5.28. The second kappa shape index (κ2) is 6.56. The molecule has 1 aromatic carbocycles. The van der Waals surface area contributed by atoms with Gasteiger partial charge in [-0.1, -0.05) is 11.6 Å². The molecule has 1 aromatic heterocycles. The minimum Gasteiger partial charge on any atom is -0.337 e. The van der Waals surface area contributed by atoms with E-state index in [1.165, 1.54) is 0 Å². The van der Waals surface area contributed by atoms with E-state index in [0.717, 1.165) is 12.9 Å². The third kappa shape index (κ3) is 3.93. The van der Waals surface area contributed by atoms with Crippen LogP contribution in [0.2, 0.25) is 5.02 Å². The molecule has 2 nitrogen and oxygen atoms in total. The lowest BCUT2D eigenvalue weighted by Gasteiger charge is -2.17. The molecule has 0 aliphatic rings. The van der Waals surface area contributed by atoms with Crippen molar-refractivity contribution in [3.63, 3.8) is 0 Å². The standard InChI is InChI=1S/C13H10BrClINOS/c1-17(6-8-4-12(14)19-7-8)13(18)10-5-9(15)2-3-11(10)16/h2-5,7H,6H2,1H3. The van der Waals surface area contributed by atoms with E-state index in [0.29, 0.717) is 17.1 Å². The van der Waals surface area contributed by atoms with Crippen LogP contribution in [0.5, 0.6) is 0 Å². The van der Waals surface area contributed by atoms with Crippen LogP contribution >= 0.6 is 61.5 Å². The maximum atomic E-state index is 12.4. The largest absolute Gasteiger partial charge is 0.337 e. The van der Waals surface area contributed by atoms with Crippen LogP contribution in [0.25, 0.3) is 0 Å². The lowest BCUT2D eigenvalue weighted by Crippen LogP contribution is -2.26. The van der Waals surface area contributed by atoms with Gasteiger partial charge < -0.3 is 4.90 Å². The first kappa shape index (κ1) is 15.3. The van der Waals surface area contributed by atoms with Crippen molar-refractivity contribution >= 4 is 67.4 Å². The predicted octanol–water partition coefficient (Wildman–Crippen LogP) is 5.04. The summed E-state index contributed by atoms with van der Waals surface area (Å²) in [6, 6.07) is 7.38. The number of benzene rings is 1. The van der Waals surface area contributed by atoms with Gasteiger partial charge in [0, 0.05) is 22.2 Å². The highest BCUT2D eigenvalue weighted by Gasteiger charge is 2.16. The molecule has 0 spiro atoms. The Labute approximate surface area is 143 Å². The number of thiophene rings is 1. The zero-order valence-electron chi connectivity index (χ0n) is 9.99. The summed E-state index contributed by atoms with van der Waals surface area (Å²) < 4.78 is 1.98. The Morgan fingerprint density at radius 2 is 2.21 bits per heavy atom. The first-order chi connectivity index (χ1) is 8.97. The van der Waals surface area contributed by atoms with Crippen LogP contribution < -0.4 is 0 Å². The first-order valence-corrected chi connectivity index (χ1v) is 8.53. The molecule has 2 aromatic rings. The van der Waals surface area contributed by atoms with Crippen LogP contribution in [0.15, 0.2) is 33.4 Å². The van der Waals surface area contributed by atoms with E-state index in [4.69, 9.17) is 11.6 Å². The average molecular weight is 471 g/mol. The molecule has 19 heavy (non-hydrogen) atoms. The Balaban J connectivity index is 2.16. The fraction of sp³-hybridized carbons (Fsp3) is 0.154. The lowest BCUT2D eigenvalue weighted by atomic mass is 10.2. The minimum absolute atomic E-state index is 0.0192. The van der Waals surface area contributed by atoms with Gasteiger partial charge in [0.15, 0.2) is 0 Å². The Morgan fingerprint density at radius 1 is 1.47 bits per heavy atom. The normalized spacial score (nSPS) is 10.5. The maximum absolute atomic E-state index is 12.4. The van der Waals surface area contributed by atoms with Crippen LogP contribution in [0, 0.1) is 3.57 Å². The molecule has 6 heteroatoms. The van der Waals surface area contributed by atoms with Gasteiger partial charge in [-0.3, -0.25) is 4.79 Å². The summed E-state index contributed by atoms with van der Waals surface area (Å²) in [4.78, 5) is 14.1. The van der Waals surface area contributed by atoms with Crippen LogP contribution in [0.4, 0.5) is 0 Å². The molecule has 0 aliphatic heterocycles. The molecule has 0 saturated carbocycles. The van der Waals surface area contributed by atoms with Gasteiger partial charge in [0.1, 0.15) is 0 Å². The summed E-state index contributed by atoms with van der Waals surface area (Å²) in [6.45, 7) is 0.587. The van der Waals surface area contributed by atoms with Gasteiger partial charge in [0.25, 0.3) is 5.91 Å². The van der Waals surface area contributed by atoms with Crippen molar-refractivity contribution < 1.29 is 4.79 Å². The molecule has 1 amide bonds. The number of amides is 1. The van der Waals surface area contributed by atoms with E-state index in [-0.39, 0.29) is 5.91 Å². The molecule has 100 valence electrons. The molecule has 1 heterocycles. The summed E-state index contributed by atoms with van der Waals surface area (Å²) in [5.74, 6) is -0.0192. The summed E-state index contributed by atoms with van der Waals surface area (Å²) in [7, 11) is 1.80. The third-order valence-electron chi connectivity index (χ3n) is 2.55. The zero-order chi connectivity index (χ0) is 14.0. The van der Waals surface area contributed by atoms with Crippen LogP contribution in [0.1, 0.15) is 15.9 Å². The number of hydrogen-bond acceptors (Lipinski definition) is 2. The van der Waals surface area contributed by atoms with Crippen molar-refractivity contribution in [2.24, 2.45) is 0 Å². The molecule has 2 rings (SSSR count). The second-order valence-corrected chi connectivity index (χ2v) is 7.93. The van der Waals surface area contributed by atoms with Crippen molar-refractivity contribution in [2.75, 3.05) is 7.05 Å². The molecule has 0 radical (unpaired) electrons. The Morgan fingerprint density at radius 3 is 2.84 bits per heavy atom. The molecular weight excluding hydrogens is 460 g/mol. The van der Waals surface area contributed by atoms with Gasteiger partial charge in [0.05, 0.1) is 9.35 Å². The summed E-state index contributed by atoms with van der Waals surface area (Å²) in [5.41, 5.74) is 1.76. The SMILES string of the molecule is CN(Cc1csc(Br)c1)C(=O)c1cc(Cl)ccc1I. The monoisotopic (exact) mass is 469 g/mol. The number of rotatable bonds is 3. The highest BCUT2D eigenvalue weighted by Crippen LogP contribution is 2.23. The van der Waals surface area contributed by atoms with Crippen molar-refractivity contribution in [1.82, 2.24) is 4.90 Å². The maximum Gasteiger partial charge on any atom is 0.255 e. The number of halogens is 3. The number of hydrogen-bond donors (Lipinski definition) is 0. The Hall–Kier alpha value is -0.110. The van der Waals surface area contributed by atoms with E-state index in [2.05, 4.69) is 38.5 Å². The van der Waals surface area contributed by atoms with Crippen molar-refractivity contribution in [3.05, 3.63) is 53.2 Å². The summed E-state index contributed by atoms with van der Waals surface area (Å²) in [6.07, 6.45) is 0. The van der Waals surface area contributed by atoms with Gasteiger partial charge in [-0.05, 0) is 73.7 Å². The van der Waals surface area contributed by atoms with Crippen LogP contribution in [0.3, 0.4) is 0 Å². The van der Waals surface area contributed by atoms with E-state index < -0.39 is 0 Å². The molecular formula is C13H10BrClINOS. The number of nitrogens with zero attached hydrogens (tertiary/aromatic N) is 1. The van der Waals surface area contributed by atoms with Crippen LogP contribution in [-0.4, -0.2) is 17.9 Å².